The van der Waals surface area contributed by atoms with E-state index in [-0.39, 0.29) is 6.10 Å². The van der Waals surface area contributed by atoms with Crippen molar-refractivity contribution in [3.05, 3.63) is 36.0 Å². The highest BCUT2D eigenvalue weighted by Gasteiger charge is 2.15. The van der Waals surface area contributed by atoms with Crippen molar-refractivity contribution in [1.29, 1.82) is 0 Å². The maximum atomic E-state index is 5.91. The van der Waals surface area contributed by atoms with E-state index in [1.54, 1.807) is 0 Å². The second-order valence-electron chi connectivity index (χ2n) is 5.07. The Morgan fingerprint density at radius 2 is 2.20 bits per heavy atom. The first-order valence-corrected chi connectivity index (χ1v) is 7.59. The Morgan fingerprint density at radius 3 is 3.00 bits per heavy atom. The van der Waals surface area contributed by atoms with Gasteiger partial charge in [0.1, 0.15) is 6.61 Å². The first kappa shape index (κ1) is 13.7. The number of ether oxygens (including phenoxy) is 2. The van der Waals surface area contributed by atoms with Crippen LogP contribution in [0.3, 0.4) is 0 Å². The molecule has 1 atom stereocenters. The molecule has 0 radical (unpaired) electrons. The zero-order valence-electron chi connectivity index (χ0n) is 11.3. The predicted octanol–water partition coefficient (Wildman–Crippen LogP) is 3.92. The van der Waals surface area contributed by atoms with Crippen molar-refractivity contribution in [2.24, 2.45) is 0 Å². The van der Waals surface area contributed by atoms with E-state index in [0.717, 1.165) is 35.9 Å². The van der Waals surface area contributed by atoms with E-state index in [0.29, 0.717) is 18.4 Å². The van der Waals surface area contributed by atoms with Gasteiger partial charge in [-0.15, -0.1) is 11.6 Å². The molecule has 1 aliphatic heterocycles. The number of hydrogen-bond acceptors (Lipinski definition) is 3. The van der Waals surface area contributed by atoms with E-state index in [1.165, 1.54) is 6.42 Å². The van der Waals surface area contributed by atoms with E-state index in [4.69, 9.17) is 21.1 Å². The lowest BCUT2D eigenvalue weighted by atomic mass is 10.1. The minimum Gasteiger partial charge on any atom is -0.474 e. The fourth-order valence-corrected chi connectivity index (χ4v) is 2.65. The topological polar surface area (TPSA) is 31.4 Å². The minimum absolute atomic E-state index is 0.184. The Labute approximate surface area is 123 Å². The summed E-state index contributed by atoms with van der Waals surface area (Å²) < 4.78 is 11.6. The molecule has 1 fully saturated rings. The lowest BCUT2D eigenvalue weighted by Crippen LogP contribution is -2.26. The van der Waals surface area contributed by atoms with Crippen LogP contribution >= 0.6 is 11.6 Å². The van der Waals surface area contributed by atoms with E-state index < -0.39 is 0 Å². The normalized spacial score (nSPS) is 19.1. The summed E-state index contributed by atoms with van der Waals surface area (Å²) in [5.74, 6) is 1.05. The number of nitrogens with zero attached hydrogens (tertiary/aromatic N) is 1. The van der Waals surface area contributed by atoms with Crippen molar-refractivity contribution in [2.75, 3.05) is 13.2 Å². The SMILES string of the molecule is ClCc1cc2ccccc2c(OCC2CCCCO2)n1. The molecule has 0 aliphatic carbocycles. The maximum Gasteiger partial charge on any atom is 0.221 e. The van der Waals surface area contributed by atoms with Crippen LogP contribution in [0, 0.1) is 0 Å². The van der Waals surface area contributed by atoms with Crippen molar-refractivity contribution < 1.29 is 9.47 Å². The first-order chi connectivity index (χ1) is 9.86. The average Bonchev–Trinajstić information content (AvgIpc) is 2.53. The Morgan fingerprint density at radius 1 is 1.30 bits per heavy atom. The molecule has 2 aromatic rings. The van der Waals surface area contributed by atoms with Crippen LogP contribution in [-0.2, 0) is 10.6 Å². The van der Waals surface area contributed by atoms with Crippen LogP contribution in [-0.4, -0.2) is 24.3 Å². The summed E-state index contributed by atoms with van der Waals surface area (Å²) in [7, 11) is 0. The van der Waals surface area contributed by atoms with Gasteiger partial charge in [0.15, 0.2) is 0 Å². The summed E-state index contributed by atoms with van der Waals surface area (Å²) in [6.07, 6.45) is 3.61. The number of alkyl halides is 1. The van der Waals surface area contributed by atoms with Crippen molar-refractivity contribution in [3.8, 4) is 5.88 Å². The zero-order chi connectivity index (χ0) is 13.8. The summed E-state index contributed by atoms with van der Waals surface area (Å²) in [5, 5.41) is 2.13. The van der Waals surface area contributed by atoms with E-state index in [2.05, 4.69) is 11.1 Å². The van der Waals surface area contributed by atoms with Crippen LogP contribution in [0.2, 0.25) is 0 Å². The van der Waals surface area contributed by atoms with Crippen molar-refractivity contribution >= 4 is 22.4 Å². The first-order valence-electron chi connectivity index (χ1n) is 7.06. The number of pyridine rings is 1. The molecule has 2 heterocycles. The van der Waals surface area contributed by atoms with Gasteiger partial charge < -0.3 is 9.47 Å². The summed E-state index contributed by atoms with van der Waals surface area (Å²) in [4.78, 5) is 4.49. The molecule has 0 spiro atoms. The summed E-state index contributed by atoms with van der Waals surface area (Å²) in [5.41, 5.74) is 0.838. The molecule has 0 amide bonds. The number of fused-ring (bicyclic) bond motifs is 1. The van der Waals surface area contributed by atoms with Crippen LogP contribution in [0.25, 0.3) is 10.8 Å². The molecule has 0 N–H and O–H groups in total. The van der Waals surface area contributed by atoms with Crippen LogP contribution < -0.4 is 4.74 Å². The van der Waals surface area contributed by atoms with E-state index in [1.807, 2.05) is 24.3 Å². The molecule has 1 saturated heterocycles. The van der Waals surface area contributed by atoms with Crippen molar-refractivity contribution in [3.63, 3.8) is 0 Å². The largest absolute Gasteiger partial charge is 0.474 e. The molecule has 1 aromatic carbocycles. The number of aromatic nitrogens is 1. The van der Waals surface area contributed by atoms with Gasteiger partial charge in [0, 0.05) is 12.0 Å². The molecule has 106 valence electrons. The number of rotatable bonds is 4. The number of benzene rings is 1. The Hall–Kier alpha value is -1.32. The van der Waals surface area contributed by atoms with Gasteiger partial charge in [-0.05, 0) is 36.8 Å². The molecule has 20 heavy (non-hydrogen) atoms. The smallest absolute Gasteiger partial charge is 0.221 e. The van der Waals surface area contributed by atoms with Crippen LogP contribution in [0.4, 0.5) is 0 Å². The zero-order valence-corrected chi connectivity index (χ0v) is 12.1. The van der Waals surface area contributed by atoms with Crippen LogP contribution in [0.15, 0.2) is 30.3 Å². The van der Waals surface area contributed by atoms with Gasteiger partial charge in [-0.2, -0.15) is 0 Å². The molecule has 0 saturated carbocycles. The fraction of sp³-hybridized carbons (Fsp3) is 0.438. The van der Waals surface area contributed by atoms with Crippen molar-refractivity contribution in [2.45, 2.75) is 31.2 Å². The monoisotopic (exact) mass is 291 g/mol. The van der Waals surface area contributed by atoms with Gasteiger partial charge >= 0.3 is 0 Å². The summed E-state index contributed by atoms with van der Waals surface area (Å²) >= 11 is 5.91. The third-order valence-corrected chi connectivity index (χ3v) is 3.85. The van der Waals surface area contributed by atoms with Crippen LogP contribution in [0.5, 0.6) is 5.88 Å². The molecular weight excluding hydrogens is 274 g/mol. The minimum atomic E-state index is 0.184. The molecule has 1 aliphatic rings. The quantitative estimate of drug-likeness (QED) is 0.800. The molecule has 3 rings (SSSR count). The third-order valence-electron chi connectivity index (χ3n) is 3.58. The molecule has 4 heteroatoms. The van der Waals surface area contributed by atoms with Gasteiger partial charge in [0.2, 0.25) is 5.88 Å². The van der Waals surface area contributed by atoms with E-state index >= 15 is 0 Å². The highest BCUT2D eigenvalue weighted by atomic mass is 35.5. The molecule has 0 bridgehead atoms. The Kier molecular flexibility index (Phi) is 4.38. The van der Waals surface area contributed by atoms with Gasteiger partial charge in [0.25, 0.3) is 0 Å². The lowest BCUT2D eigenvalue weighted by molar-refractivity contribution is -0.0116. The summed E-state index contributed by atoms with van der Waals surface area (Å²) in [6, 6.07) is 10.1. The van der Waals surface area contributed by atoms with Crippen molar-refractivity contribution in [1.82, 2.24) is 4.98 Å². The molecule has 1 aromatic heterocycles. The standard InChI is InChI=1S/C16H18ClNO2/c17-10-13-9-12-5-1-2-7-15(12)16(18-13)20-11-14-6-3-4-8-19-14/h1-2,5,7,9,14H,3-4,6,8,10-11H2. The van der Waals surface area contributed by atoms with Gasteiger partial charge in [0.05, 0.1) is 17.7 Å². The average molecular weight is 292 g/mol. The highest BCUT2D eigenvalue weighted by Crippen LogP contribution is 2.26. The highest BCUT2D eigenvalue weighted by molar-refractivity contribution is 6.17. The Balaban J connectivity index is 1.81. The molecule has 1 unspecified atom stereocenters. The fourth-order valence-electron chi connectivity index (χ4n) is 2.51. The second kappa shape index (κ2) is 6.42. The third kappa shape index (κ3) is 3.05. The summed E-state index contributed by atoms with van der Waals surface area (Å²) in [6.45, 7) is 1.40. The Bertz CT molecular complexity index is 582. The van der Waals surface area contributed by atoms with Crippen LogP contribution in [0.1, 0.15) is 25.0 Å². The molecule has 3 nitrogen and oxygen atoms in total. The van der Waals surface area contributed by atoms with E-state index in [9.17, 15) is 0 Å². The van der Waals surface area contributed by atoms with Gasteiger partial charge in [-0.1, -0.05) is 18.2 Å². The molecular formula is C16H18ClNO2. The van der Waals surface area contributed by atoms with Gasteiger partial charge in [-0.3, -0.25) is 0 Å². The van der Waals surface area contributed by atoms with Gasteiger partial charge in [-0.25, -0.2) is 4.98 Å². The maximum absolute atomic E-state index is 5.91. The predicted molar refractivity (Wildman–Crippen MR) is 80.4 cm³/mol. The lowest BCUT2D eigenvalue weighted by Gasteiger charge is -2.22. The number of hydrogen-bond donors (Lipinski definition) is 0. The second-order valence-corrected chi connectivity index (χ2v) is 5.34. The number of halogens is 1.